The summed E-state index contributed by atoms with van der Waals surface area (Å²) in [6.45, 7) is 6.07. The van der Waals surface area contributed by atoms with E-state index in [9.17, 15) is 13.2 Å². The van der Waals surface area contributed by atoms with Crippen molar-refractivity contribution in [2.24, 2.45) is 0 Å². The van der Waals surface area contributed by atoms with Crippen LogP contribution in [-0.4, -0.2) is 21.0 Å². The number of unbranched alkanes of at least 4 members (excludes halogenated alkanes) is 1. The summed E-state index contributed by atoms with van der Waals surface area (Å²) in [7, 11) is -3.84. The number of benzene rings is 3. The first-order valence-electron chi connectivity index (χ1n) is 11.1. The Morgan fingerprint density at radius 1 is 1.00 bits per heavy atom. The predicted octanol–water partition coefficient (Wildman–Crippen LogP) is 6.21. The van der Waals surface area contributed by atoms with Crippen molar-refractivity contribution in [1.82, 2.24) is 0 Å². The largest absolute Gasteiger partial charge is 0.462 e. The van der Waals surface area contributed by atoms with Gasteiger partial charge >= 0.3 is 5.97 Å². The molecule has 0 amide bonds. The number of esters is 1. The fourth-order valence-electron chi connectivity index (χ4n) is 3.87. The molecule has 0 aliphatic rings. The number of fused-ring (bicyclic) bond motifs is 3. The number of hydrogen-bond donors (Lipinski definition) is 1. The number of carbonyl (C=O) groups excluding carboxylic acids is 1. The molecule has 0 fully saturated rings. The van der Waals surface area contributed by atoms with E-state index in [-0.39, 0.29) is 4.90 Å². The number of anilines is 1. The predicted molar refractivity (Wildman–Crippen MR) is 130 cm³/mol. The normalized spacial score (nSPS) is 11.7. The topological polar surface area (TPSA) is 85.6 Å². The summed E-state index contributed by atoms with van der Waals surface area (Å²) in [4.78, 5) is 13.0. The third kappa shape index (κ3) is 4.46. The molecule has 0 bridgehead atoms. The van der Waals surface area contributed by atoms with Gasteiger partial charge in [0.1, 0.15) is 16.9 Å². The molecule has 0 saturated carbocycles. The smallest absolute Gasteiger partial charge is 0.342 e. The van der Waals surface area contributed by atoms with Gasteiger partial charge in [-0.1, -0.05) is 56.7 Å². The fraction of sp³-hybridized carbons (Fsp3) is 0.269. The van der Waals surface area contributed by atoms with Gasteiger partial charge in [0.25, 0.3) is 10.0 Å². The SMILES string of the molecule is CCCCOC(=O)c1c(C)oc2c1cc(NS(=O)(=O)c1ccc(CC)cc1)c1ccccc12. The minimum atomic E-state index is -3.84. The van der Waals surface area contributed by atoms with E-state index in [1.54, 1.807) is 37.3 Å². The van der Waals surface area contributed by atoms with Crippen LogP contribution in [0.2, 0.25) is 0 Å². The van der Waals surface area contributed by atoms with Gasteiger partial charge in [0.05, 0.1) is 17.2 Å². The molecule has 0 unspecified atom stereocenters. The van der Waals surface area contributed by atoms with Gasteiger partial charge in [-0.05, 0) is 43.5 Å². The summed E-state index contributed by atoms with van der Waals surface area (Å²) in [6, 6.07) is 15.8. The van der Waals surface area contributed by atoms with E-state index in [1.165, 1.54) is 0 Å². The first-order valence-corrected chi connectivity index (χ1v) is 12.6. The third-order valence-corrected chi connectivity index (χ3v) is 7.07. The Morgan fingerprint density at radius 2 is 1.70 bits per heavy atom. The number of sulfonamides is 1. The molecule has 3 aromatic carbocycles. The van der Waals surface area contributed by atoms with E-state index < -0.39 is 16.0 Å². The standard InChI is InChI=1S/C26H27NO5S/c1-4-6-15-31-26(28)24-17(3)32-25-21-10-8-7-9-20(21)23(16-22(24)25)27-33(29,30)19-13-11-18(5-2)12-14-19/h7-14,16,27H,4-6,15H2,1-3H3. The second-order valence-electron chi connectivity index (χ2n) is 7.97. The number of furan rings is 1. The van der Waals surface area contributed by atoms with Crippen molar-refractivity contribution in [2.75, 3.05) is 11.3 Å². The van der Waals surface area contributed by atoms with Gasteiger partial charge in [-0.2, -0.15) is 0 Å². The van der Waals surface area contributed by atoms with Crippen molar-refractivity contribution in [3.05, 3.63) is 71.5 Å². The molecule has 33 heavy (non-hydrogen) atoms. The van der Waals surface area contributed by atoms with Crippen LogP contribution in [0.5, 0.6) is 0 Å². The summed E-state index contributed by atoms with van der Waals surface area (Å²) >= 11 is 0. The van der Waals surface area contributed by atoms with E-state index in [0.717, 1.165) is 24.8 Å². The second-order valence-corrected chi connectivity index (χ2v) is 9.65. The Labute approximate surface area is 193 Å². The lowest BCUT2D eigenvalue weighted by molar-refractivity contribution is 0.0500. The van der Waals surface area contributed by atoms with Crippen LogP contribution in [0.25, 0.3) is 21.7 Å². The molecule has 0 spiro atoms. The van der Waals surface area contributed by atoms with Crippen LogP contribution in [0.1, 0.15) is 48.4 Å². The molecule has 4 aromatic rings. The van der Waals surface area contributed by atoms with E-state index >= 15 is 0 Å². The molecule has 0 atom stereocenters. The maximum atomic E-state index is 13.2. The first kappa shape index (κ1) is 22.9. The number of carbonyl (C=O) groups is 1. The van der Waals surface area contributed by atoms with Gasteiger partial charge in [0, 0.05) is 16.2 Å². The van der Waals surface area contributed by atoms with Gasteiger partial charge in [0.2, 0.25) is 0 Å². The number of hydrogen-bond acceptors (Lipinski definition) is 5. The van der Waals surface area contributed by atoms with Crippen molar-refractivity contribution in [3.63, 3.8) is 0 Å². The molecule has 7 heteroatoms. The Bertz CT molecular complexity index is 1420. The van der Waals surface area contributed by atoms with Crippen LogP contribution in [0.15, 0.2) is 63.9 Å². The van der Waals surface area contributed by atoms with Gasteiger partial charge in [0.15, 0.2) is 0 Å². The van der Waals surface area contributed by atoms with Crippen LogP contribution in [0, 0.1) is 6.92 Å². The number of ether oxygens (including phenoxy) is 1. The molecule has 4 rings (SSSR count). The Hall–Kier alpha value is -3.32. The van der Waals surface area contributed by atoms with E-state index in [2.05, 4.69) is 4.72 Å². The molecule has 0 saturated heterocycles. The van der Waals surface area contributed by atoms with E-state index in [4.69, 9.17) is 9.15 Å². The highest BCUT2D eigenvalue weighted by molar-refractivity contribution is 7.92. The van der Waals surface area contributed by atoms with Gasteiger partial charge in [-0.3, -0.25) is 4.72 Å². The van der Waals surface area contributed by atoms with Crippen molar-refractivity contribution >= 4 is 43.4 Å². The molecule has 0 aliphatic carbocycles. The molecule has 172 valence electrons. The number of nitrogens with one attached hydrogen (secondary N) is 1. The lowest BCUT2D eigenvalue weighted by Gasteiger charge is -2.12. The highest BCUT2D eigenvalue weighted by Crippen LogP contribution is 2.37. The molecular weight excluding hydrogens is 438 g/mol. The Morgan fingerprint density at radius 3 is 2.36 bits per heavy atom. The Balaban J connectivity index is 1.83. The Kier molecular flexibility index (Phi) is 6.42. The summed E-state index contributed by atoms with van der Waals surface area (Å²) < 4.78 is 40.4. The summed E-state index contributed by atoms with van der Waals surface area (Å²) in [5, 5.41) is 1.91. The average Bonchev–Trinajstić information content (AvgIpc) is 3.15. The highest BCUT2D eigenvalue weighted by Gasteiger charge is 2.24. The maximum absolute atomic E-state index is 13.2. The first-order chi connectivity index (χ1) is 15.9. The average molecular weight is 466 g/mol. The number of rotatable bonds is 8. The van der Waals surface area contributed by atoms with Crippen LogP contribution in [-0.2, 0) is 21.2 Å². The minimum Gasteiger partial charge on any atom is -0.462 e. The zero-order valence-corrected chi connectivity index (χ0v) is 19.8. The maximum Gasteiger partial charge on any atom is 0.342 e. The van der Waals surface area contributed by atoms with Crippen molar-refractivity contribution in [1.29, 1.82) is 0 Å². The van der Waals surface area contributed by atoms with E-state index in [0.29, 0.717) is 45.4 Å². The third-order valence-electron chi connectivity index (χ3n) is 5.69. The van der Waals surface area contributed by atoms with Crippen LogP contribution >= 0.6 is 0 Å². The van der Waals surface area contributed by atoms with Crippen molar-refractivity contribution in [2.45, 2.75) is 44.9 Å². The molecule has 1 N–H and O–H groups in total. The van der Waals surface area contributed by atoms with E-state index in [1.807, 2.05) is 38.1 Å². The van der Waals surface area contributed by atoms with Gasteiger partial charge in [-0.15, -0.1) is 0 Å². The summed E-state index contributed by atoms with van der Waals surface area (Å²) in [5.74, 6) is -0.0363. The lowest BCUT2D eigenvalue weighted by Crippen LogP contribution is -2.13. The summed E-state index contributed by atoms with van der Waals surface area (Å²) in [6.07, 6.45) is 2.51. The molecule has 1 aromatic heterocycles. The highest BCUT2D eigenvalue weighted by atomic mass is 32.2. The molecular formula is C26H27NO5S. The summed E-state index contributed by atoms with van der Waals surface area (Å²) in [5.41, 5.74) is 2.28. The molecule has 0 radical (unpaired) electrons. The quantitative estimate of drug-likeness (QED) is 0.247. The minimum absolute atomic E-state index is 0.173. The van der Waals surface area contributed by atoms with Crippen molar-refractivity contribution < 1.29 is 22.4 Å². The van der Waals surface area contributed by atoms with Crippen LogP contribution in [0.3, 0.4) is 0 Å². The zero-order chi connectivity index (χ0) is 23.6. The second kappa shape index (κ2) is 9.27. The number of aryl methyl sites for hydroxylation is 2. The van der Waals surface area contributed by atoms with Crippen molar-refractivity contribution in [3.8, 4) is 0 Å². The molecule has 1 heterocycles. The van der Waals surface area contributed by atoms with Gasteiger partial charge < -0.3 is 9.15 Å². The molecule has 6 nitrogen and oxygen atoms in total. The molecule has 0 aliphatic heterocycles. The van der Waals surface area contributed by atoms with Crippen LogP contribution in [0.4, 0.5) is 5.69 Å². The monoisotopic (exact) mass is 465 g/mol. The lowest BCUT2D eigenvalue weighted by atomic mass is 10.0. The fourth-order valence-corrected chi connectivity index (χ4v) is 4.94. The van der Waals surface area contributed by atoms with Gasteiger partial charge in [-0.25, -0.2) is 13.2 Å². The van der Waals surface area contributed by atoms with Crippen LogP contribution < -0.4 is 4.72 Å². The zero-order valence-electron chi connectivity index (χ0n) is 19.0.